The van der Waals surface area contributed by atoms with Crippen molar-refractivity contribution in [2.45, 2.75) is 44.7 Å². The second kappa shape index (κ2) is 5.94. The Bertz CT molecular complexity index is 1020. The summed E-state index contributed by atoms with van der Waals surface area (Å²) in [5.41, 5.74) is 6.59. The predicted molar refractivity (Wildman–Crippen MR) is 108 cm³/mol. The molecule has 2 aromatic carbocycles. The van der Waals surface area contributed by atoms with Crippen LogP contribution in [-0.4, -0.2) is 22.1 Å². The van der Waals surface area contributed by atoms with Gasteiger partial charge in [-0.25, -0.2) is 0 Å². The molecule has 3 nitrogen and oxygen atoms in total. The van der Waals surface area contributed by atoms with Gasteiger partial charge in [0.05, 0.1) is 11.4 Å². The predicted octanol–water partition coefficient (Wildman–Crippen LogP) is 5.43. The molecule has 1 saturated carbocycles. The first-order valence-electron chi connectivity index (χ1n) is 9.59. The summed E-state index contributed by atoms with van der Waals surface area (Å²) >= 11 is 0. The molecule has 1 spiro atoms. The maximum Gasteiger partial charge on any atom is 0.151 e. The van der Waals surface area contributed by atoms with E-state index in [0.717, 1.165) is 24.3 Å². The maximum absolute atomic E-state index is 5.28. The highest BCUT2D eigenvalue weighted by Gasteiger charge is 2.38. The topological polar surface area (TPSA) is 40.5 Å². The van der Waals surface area contributed by atoms with Crippen LogP contribution in [0.15, 0.2) is 64.6 Å². The van der Waals surface area contributed by atoms with Gasteiger partial charge in [0, 0.05) is 27.7 Å². The lowest BCUT2D eigenvalue weighted by atomic mass is 9.90. The molecule has 1 aliphatic carbocycles. The van der Waals surface area contributed by atoms with E-state index in [2.05, 4.69) is 66.5 Å². The number of aromatic nitrogens is 1. The Morgan fingerprint density at radius 2 is 1.50 bits per heavy atom. The molecule has 0 atom stereocenters. The molecule has 3 aromatic rings. The van der Waals surface area contributed by atoms with Gasteiger partial charge in [-0.05, 0) is 38.7 Å². The zero-order chi connectivity index (χ0) is 17.6. The SMILES string of the molecule is Cc1[nH]c2ccccc2c1C1=NC2(CCCCC2)N=C1c1ccccc1. The number of hydrogen-bond acceptors (Lipinski definition) is 2. The Morgan fingerprint density at radius 1 is 0.808 bits per heavy atom. The molecule has 0 radical (unpaired) electrons. The summed E-state index contributed by atoms with van der Waals surface area (Å²) in [5.74, 6) is 0. The van der Waals surface area contributed by atoms with Crippen LogP contribution in [0, 0.1) is 6.92 Å². The number of aromatic amines is 1. The average molecular weight is 341 g/mol. The third-order valence-corrected chi connectivity index (χ3v) is 5.70. The van der Waals surface area contributed by atoms with Crippen molar-refractivity contribution < 1.29 is 0 Å². The molecule has 3 heteroatoms. The van der Waals surface area contributed by atoms with Crippen molar-refractivity contribution >= 4 is 22.3 Å². The highest BCUT2D eigenvalue weighted by atomic mass is 15.1. The van der Waals surface area contributed by atoms with Crippen LogP contribution in [0.5, 0.6) is 0 Å². The van der Waals surface area contributed by atoms with Crippen LogP contribution in [0.3, 0.4) is 0 Å². The zero-order valence-electron chi connectivity index (χ0n) is 15.1. The summed E-state index contributed by atoms with van der Waals surface area (Å²) in [7, 11) is 0. The number of para-hydroxylation sites is 1. The second-order valence-corrected chi connectivity index (χ2v) is 7.50. The van der Waals surface area contributed by atoms with E-state index < -0.39 is 0 Å². The van der Waals surface area contributed by atoms with Crippen molar-refractivity contribution in [3.63, 3.8) is 0 Å². The van der Waals surface area contributed by atoms with Gasteiger partial charge in [0.15, 0.2) is 5.66 Å². The van der Waals surface area contributed by atoms with E-state index in [1.54, 1.807) is 0 Å². The van der Waals surface area contributed by atoms with Crippen molar-refractivity contribution in [2.75, 3.05) is 0 Å². The lowest BCUT2D eigenvalue weighted by Crippen LogP contribution is -2.25. The van der Waals surface area contributed by atoms with Gasteiger partial charge in [-0.15, -0.1) is 0 Å². The highest BCUT2D eigenvalue weighted by Crippen LogP contribution is 2.39. The first kappa shape index (κ1) is 15.6. The van der Waals surface area contributed by atoms with E-state index in [0.29, 0.717) is 0 Å². The van der Waals surface area contributed by atoms with Gasteiger partial charge >= 0.3 is 0 Å². The maximum atomic E-state index is 5.28. The van der Waals surface area contributed by atoms with Crippen LogP contribution in [0.25, 0.3) is 10.9 Å². The van der Waals surface area contributed by atoms with Crippen LogP contribution >= 0.6 is 0 Å². The molecule has 0 saturated heterocycles. The Labute approximate surface area is 153 Å². The summed E-state index contributed by atoms with van der Waals surface area (Å²) < 4.78 is 0. The lowest BCUT2D eigenvalue weighted by molar-refractivity contribution is 0.316. The van der Waals surface area contributed by atoms with Gasteiger partial charge < -0.3 is 4.98 Å². The highest BCUT2D eigenvalue weighted by molar-refractivity contribution is 6.56. The van der Waals surface area contributed by atoms with Crippen LogP contribution in [0.2, 0.25) is 0 Å². The minimum absolute atomic E-state index is 0.246. The number of benzene rings is 2. The summed E-state index contributed by atoms with van der Waals surface area (Å²) in [5, 5.41) is 1.24. The summed E-state index contributed by atoms with van der Waals surface area (Å²) in [6, 6.07) is 19.0. The number of aryl methyl sites for hydroxylation is 1. The quantitative estimate of drug-likeness (QED) is 0.646. The van der Waals surface area contributed by atoms with Crippen molar-refractivity contribution in [3.8, 4) is 0 Å². The third kappa shape index (κ3) is 2.42. The van der Waals surface area contributed by atoms with Gasteiger partial charge in [-0.1, -0.05) is 55.0 Å². The fraction of sp³-hybridized carbons (Fsp3) is 0.304. The monoisotopic (exact) mass is 341 g/mol. The average Bonchev–Trinajstić information content (AvgIpc) is 3.20. The van der Waals surface area contributed by atoms with Crippen molar-refractivity contribution in [1.29, 1.82) is 0 Å². The molecule has 2 aliphatic rings. The molecule has 0 bridgehead atoms. The van der Waals surface area contributed by atoms with Gasteiger partial charge in [0.1, 0.15) is 0 Å². The molecule has 2 heterocycles. The van der Waals surface area contributed by atoms with E-state index in [-0.39, 0.29) is 5.66 Å². The van der Waals surface area contributed by atoms with Crippen molar-refractivity contribution in [1.82, 2.24) is 4.98 Å². The molecule has 0 amide bonds. The van der Waals surface area contributed by atoms with Crippen LogP contribution in [0.4, 0.5) is 0 Å². The first-order valence-corrected chi connectivity index (χ1v) is 9.59. The Morgan fingerprint density at radius 3 is 2.31 bits per heavy atom. The number of hydrogen-bond donors (Lipinski definition) is 1. The number of rotatable bonds is 2. The molecule has 1 N–H and O–H groups in total. The van der Waals surface area contributed by atoms with E-state index in [9.17, 15) is 0 Å². The molecule has 1 aliphatic heterocycles. The van der Waals surface area contributed by atoms with Gasteiger partial charge in [-0.3, -0.25) is 9.98 Å². The normalized spacial score (nSPS) is 19.0. The Balaban J connectivity index is 1.73. The van der Waals surface area contributed by atoms with Crippen LogP contribution in [0.1, 0.15) is 48.9 Å². The number of aliphatic imine (C=N–C) groups is 2. The fourth-order valence-corrected chi connectivity index (χ4v) is 4.44. The third-order valence-electron chi connectivity index (χ3n) is 5.70. The number of H-pyrrole nitrogens is 1. The molecule has 130 valence electrons. The number of nitrogens with one attached hydrogen (secondary N) is 1. The van der Waals surface area contributed by atoms with Crippen LogP contribution < -0.4 is 0 Å². The van der Waals surface area contributed by atoms with Crippen LogP contribution in [-0.2, 0) is 0 Å². The van der Waals surface area contributed by atoms with Crippen molar-refractivity contribution in [3.05, 3.63) is 71.4 Å². The molecule has 0 unspecified atom stereocenters. The summed E-state index contributed by atoms with van der Waals surface area (Å²) in [4.78, 5) is 14.0. The minimum atomic E-state index is -0.246. The molecule has 5 rings (SSSR count). The van der Waals surface area contributed by atoms with E-state index in [1.807, 2.05) is 0 Å². The molecule has 1 aromatic heterocycles. The number of nitrogens with zero attached hydrogens (tertiary/aromatic N) is 2. The largest absolute Gasteiger partial charge is 0.358 e. The molecule has 1 fully saturated rings. The standard InChI is InChI=1S/C23H23N3/c1-16-20(18-12-6-7-13-19(18)24-16)22-21(17-10-4-2-5-11-17)25-23(26-22)14-8-3-9-15-23/h2,4-7,10-13,24H,3,8-9,14-15H2,1H3. The molecular weight excluding hydrogens is 318 g/mol. The number of fused-ring (bicyclic) bond motifs is 1. The van der Waals surface area contributed by atoms with Crippen molar-refractivity contribution in [2.24, 2.45) is 9.98 Å². The molecular formula is C23H23N3. The van der Waals surface area contributed by atoms with E-state index >= 15 is 0 Å². The lowest BCUT2D eigenvalue weighted by Gasteiger charge is -2.27. The Hall–Kier alpha value is -2.68. The van der Waals surface area contributed by atoms with Gasteiger partial charge in [-0.2, -0.15) is 0 Å². The Kier molecular flexibility index (Phi) is 3.56. The first-order chi connectivity index (χ1) is 12.8. The van der Waals surface area contributed by atoms with Gasteiger partial charge in [0.25, 0.3) is 0 Å². The zero-order valence-corrected chi connectivity index (χ0v) is 15.1. The minimum Gasteiger partial charge on any atom is -0.358 e. The summed E-state index contributed by atoms with van der Waals surface area (Å²) in [6.07, 6.45) is 5.86. The fourth-order valence-electron chi connectivity index (χ4n) is 4.44. The molecule has 26 heavy (non-hydrogen) atoms. The van der Waals surface area contributed by atoms with Gasteiger partial charge in [0.2, 0.25) is 0 Å². The summed E-state index contributed by atoms with van der Waals surface area (Å²) in [6.45, 7) is 2.15. The van der Waals surface area contributed by atoms with E-state index in [4.69, 9.17) is 9.98 Å². The second-order valence-electron chi connectivity index (χ2n) is 7.50. The smallest absolute Gasteiger partial charge is 0.151 e. The van der Waals surface area contributed by atoms with E-state index in [1.165, 1.54) is 47.0 Å².